The van der Waals surface area contributed by atoms with Crippen molar-refractivity contribution in [2.24, 2.45) is 50.2 Å². The van der Waals surface area contributed by atoms with Crippen LogP contribution in [-0.2, 0) is 99.6 Å². The Morgan fingerprint density at radius 2 is 0.929 bits per heavy atom. The molecule has 25 N–H and O–H groups in total. The lowest BCUT2D eigenvalue weighted by molar-refractivity contribution is -0.390. The molecular formula is C95H150O46. The largest absolute Gasteiger partial charge is 0.458 e. The SMILES string of the molecule is C=CC(C)(O)CC/C=C(\CO)C(=O)O[C@H]1[C@@H](O)[C@@H](O)[C@H](OC(C)(C=C)CC/C=C(/CO)C(=O)OC2CC3(C(=O)O[C@@H]4O[C@H](CO)[C@@H](O)[C@@H](O)[C@H]4O[C@@H]4O[C@H](C)[C@H](O[C@@H]5O[C@H](CO)[C@@H](O)[C@H]5O)[C@@H](O[C@@H]5O[C@H](CO)[C@@H](O)[C@@H](O)[C@H]5O)[C@H]4O)C(O)CC4(C)C(=CCC5C6(C)CCC(O[C@@H]7O[C@H](CO[C@@H]8OC[C@@H](O)[C@@H](O)[C@H]8O[C@@H]8OC[C@@H](O)[C@@H](O)[C@H]8O)[C@@H](O)[C@@H](O)[C@H]7O)C(C)(C)C6CCC54C)C3CC2(C)C)O[C@@H]1C. The van der Waals surface area contributed by atoms with E-state index in [4.69, 9.17) is 85.3 Å². The third-order valence-corrected chi connectivity index (χ3v) is 33.2. The Hall–Kier alpha value is -4.49. The van der Waals surface area contributed by atoms with Crippen LogP contribution in [0.4, 0.5) is 0 Å². The smallest absolute Gasteiger partial charge is 0.336 e. The number of rotatable bonds is 34. The first-order valence-electron chi connectivity index (χ1n) is 48.6. The minimum absolute atomic E-state index is 0.0532. The second-order valence-electron chi connectivity index (χ2n) is 43.0. The van der Waals surface area contributed by atoms with Crippen LogP contribution >= 0.6 is 0 Å². The fraction of sp³-hybridized carbons (Fsp3) is 0.863. The highest BCUT2D eigenvalue weighted by Gasteiger charge is 2.74. The summed E-state index contributed by atoms with van der Waals surface area (Å²) in [4.78, 5) is 45.2. The van der Waals surface area contributed by atoms with Crippen molar-refractivity contribution < 1.29 is 227 Å². The Morgan fingerprint density at radius 1 is 0.454 bits per heavy atom. The molecule has 12 fully saturated rings. The lowest BCUT2D eigenvalue weighted by Crippen LogP contribution is -2.70. The van der Waals surface area contributed by atoms with E-state index in [1.165, 1.54) is 45.1 Å². The summed E-state index contributed by atoms with van der Waals surface area (Å²) < 4.78 is 109. The van der Waals surface area contributed by atoms with Gasteiger partial charge in [-0.2, -0.15) is 0 Å². The van der Waals surface area contributed by atoms with Gasteiger partial charge >= 0.3 is 17.9 Å². The van der Waals surface area contributed by atoms with Gasteiger partial charge < -0.3 is 213 Å². The lowest BCUT2D eigenvalue weighted by Gasteiger charge is -2.72. The average molecular weight is 2030 g/mol. The van der Waals surface area contributed by atoms with E-state index in [9.17, 15) is 132 Å². The molecule has 13 aliphatic rings. The number of hydrogen-bond donors (Lipinski definition) is 25. The van der Waals surface area contributed by atoms with E-state index in [2.05, 4.69) is 33.1 Å². The number of fused-ring (bicyclic) bond motifs is 7. The Balaban J connectivity index is 0.776. The fourth-order valence-corrected chi connectivity index (χ4v) is 24.0. The Bertz CT molecular complexity index is 4310. The normalized spacial score (nSPS) is 48.2. The van der Waals surface area contributed by atoms with Crippen molar-refractivity contribution in [3.8, 4) is 0 Å². The molecule has 0 aromatic heterocycles. The van der Waals surface area contributed by atoms with Crippen LogP contribution in [0.15, 0.2) is 60.3 Å². The van der Waals surface area contributed by atoms with Gasteiger partial charge in [-0.3, -0.25) is 4.79 Å². The molecule has 0 amide bonds. The number of allylic oxidation sites excluding steroid dienone is 4. The third kappa shape index (κ3) is 22.1. The van der Waals surface area contributed by atoms with Crippen LogP contribution in [-0.4, -0.2) is 455 Å². The van der Waals surface area contributed by atoms with E-state index in [0.717, 1.165) is 0 Å². The number of carbonyl (C=O) groups is 3. The minimum atomic E-state index is -2.29. The number of esters is 3. The molecule has 46 nitrogen and oxygen atoms in total. The van der Waals surface area contributed by atoms with Gasteiger partial charge in [0.05, 0.1) is 99.6 Å². The van der Waals surface area contributed by atoms with Crippen molar-refractivity contribution >= 4 is 17.9 Å². The molecule has 0 spiro atoms. The molecule has 0 bridgehead atoms. The molecule has 5 aliphatic carbocycles. The van der Waals surface area contributed by atoms with Gasteiger partial charge in [-0.25, -0.2) is 9.59 Å². The van der Waals surface area contributed by atoms with Crippen LogP contribution in [0.3, 0.4) is 0 Å². The van der Waals surface area contributed by atoms with E-state index < -0.39 is 372 Å². The molecule has 49 atom stereocenters. The van der Waals surface area contributed by atoms with E-state index in [1.54, 1.807) is 20.8 Å². The van der Waals surface area contributed by atoms with Gasteiger partial charge in [-0.05, 0) is 138 Å². The second kappa shape index (κ2) is 45.0. The summed E-state index contributed by atoms with van der Waals surface area (Å²) in [7, 11) is 0. The first-order valence-corrected chi connectivity index (χ1v) is 48.6. The summed E-state index contributed by atoms with van der Waals surface area (Å²) in [6, 6.07) is 0. The summed E-state index contributed by atoms with van der Waals surface area (Å²) >= 11 is 0. The molecule has 141 heavy (non-hydrogen) atoms. The van der Waals surface area contributed by atoms with E-state index in [-0.39, 0.29) is 61.5 Å². The maximum absolute atomic E-state index is 16.8. The molecule has 13 rings (SSSR count). The molecule has 12 unspecified atom stereocenters. The number of aliphatic hydroxyl groups is 25. The van der Waals surface area contributed by atoms with Gasteiger partial charge in [0, 0.05) is 11.8 Å². The Kier molecular flexibility index (Phi) is 36.2. The summed E-state index contributed by atoms with van der Waals surface area (Å²) in [5.41, 5.74) is -9.05. The van der Waals surface area contributed by atoms with Gasteiger partial charge in [-0.15, -0.1) is 13.2 Å². The van der Waals surface area contributed by atoms with Crippen LogP contribution in [0.5, 0.6) is 0 Å². The van der Waals surface area contributed by atoms with Crippen molar-refractivity contribution in [1.82, 2.24) is 0 Å². The van der Waals surface area contributed by atoms with Crippen molar-refractivity contribution in [3.05, 3.63) is 60.3 Å². The molecule has 46 heteroatoms. The van der Waals surface area contributed by atoms with Gasteiger partial charge in [0.15, 0.2) is 56.2 Å². The van der Waals surface area contributed by atoms with Gasteiger partial charge in [0.1, 0.15) is 164 Å². The quantitative estimate of drug-likeness (QED) is 0.00937. The highest BCUT2D eigenvalue weighted by Crippen LogP contribution is 2.76. The summed E-state index contributed by atoms with van der Waals surface area (Å²) in [5, 5.41) is 279. The minimum Gasteiger partial charge on any atom is -0.458 e. The zero-order valence-electron chi connectivity index (χ0n) is 81.0. The summed E-state index contributed by atoms with van der Waals surface area (Å²) in [6.45, 7) is 21.3. The van der Waals surface area contributed by atoms with Crippen LogP contribution in [0, 0.1) is 50.2 Å². The lowest BCUT2D eigenvalue weighted by atomic mass is 9.33. The first-order chi connectivity index (χ1) is 66.1. The van der Waals surface area contributed by atoms with Crippen LogP contribution in [0.1, 0.15) is 153 Å². The number of ether oxygens (including phenoxy) is 18. The van der Waals surface area contributed by atoms with E-state index in [1.807, 2.05) is 20.8 Å². The van der Waals surface area contributed by atoms with Crippen molar-refractivity contribution in [1.29, 1.82) is 0 Å². The molecule has 806 valence electrons. The average Bonchev–Trinajstić information content (AvgIpc) is 0.729. The molecule has 4 saturated carbocycles. The molecular weight excluding hydrogens is 1880 g/mol. The Morgan fingerprint density at radius 3 is 1.52 bits per heavy atom. The number of hydrogen-bond acceptors (Lipinski definition) is 46. The van der Waals surface area contributed by atoms with Crippen LogP contribution < -0.4 is 0 Å². The number of carbonyl (C=O) groups excluding carboxylic acids is 3. The molecule has 8 saturated heterocycles. The first kappa shape index (κ1) is 114. The van der Waals surface area contributed by atoms with Gasteiger partial charge in [0.2, 0.25) is 6.29 Å². The highest BCUT2D eigenvalue weighted by atomic mass is 16.8. The predicted molar refractivity (Wildman–Crippen MR) is 473 cm³/mol. The molecule has 0 aromatic carbocycles. The van der Waals surface area contributed by atoms with Crippen LogP contribution in [0.25, 0.3) is 0 Å². The third-order valence-electron chi connectivity index (χ3n) is 33.2. The highest BCUT2D eigenvalue weighted by molar-refractivity contribution is 5.89. The summed E-state index contributed by atoms with van der Waals surface area (Å²) in [5.74, 6) is -4.82. The number of aliphatic hydroxyl groups excluding tert-OH is 24. The zero-order valence-corrected chi connectivity index (χ0v) is 81.0. The van der Waals surface area contributed by atoms with Gasteiger partial charge in [0.25, 0.3) is 0 Å². The standard InChI is InChI=1S/C95H150O46/c1-14-90(9,123)24-16-18-42(32-97)78(121)135-72-39(3)128-84(70(118)65(72)113)141-91(10,15-2)25-17-19-41(31-96)77(120)133-55-30-95(87(122)140-86-76(64(112)59(107)48(34-99)131-86)139-83-71(119)74(137-82-69(117)62(110)58(106)47(33-98)129-82)73(40(4)127-83)136-81-67(115)60(108)49(35-100)130-81)44(28-88(55,5)6)43-20-21-52-92(11)26-23-54(89(7,8)51(92)22-27-93(52,12)94(43,13)29-53(95)103)134-80-68(116)63(111)61(109)50(132-80)38-126-85-75(57(105)46(102)37-125-85)138-79-66(114)56(104)45(101)36-124-79/h14-15,18-20,39-40,44-76,79-86,96-119,123H,1-2,16-17,21-38H2,3-13H3/b41-19-,42-18+/t39-,40-,44?,45-,46-,47-,48-,49-,50-,51?,52?,53?,54?,55?,56-,57-,58-,59-,60-,61-,62-,63-,64-,65+,66-,67-,68-,69-,70-,71-,72-,73+,74+,75-,76-,79+,80+,81+,82+,83+,84+,85+,86+,90?,91?,92?,93?,94?,95?/m1/s1. The predicted octanol–water partition coefficient (Wildman–Crippen LogP) is -6.45. The van der Waals surface area contributed by atoms with E-state index in [0.29, 0.717) is 37.7 Å². The molecule has 8 aliphatic heterocycles. The van der Waals surface area contributed by atoms with E-state index >= 15 is 9.59 Å². The maximum Gasteiger partial charge on any atom is 0.336 e. The van der Waals surface area contributed by atoms with Crippen LogP contribution in [0.2, 0.25) is 0 Å². The monoisotopic (exact) mass is 2030 g/mol. The van der Waals surface area contributed by atoms with Crippen molar-refractivity contribution in [2.75, 3.05) is 52.9 Å². The van der Waals surface area contributed by atoms with Gasteiger partial charge in [-0.1, -0.05) is 84.4 Å². The van der Waals surface area contributed by atoms with Crippen molar-refractivity contribution in [2.45, 2.75) is 410 Å². The second-order valence-corrected chi connectivity index (χ2v) is 43.0. The van der Waals surface area contributed by atoms with Crippen molar-refractivity contribution in [3.63, 3.8) is 0 Å². The summed E-state index contributed by atoms with van der Waals surface area (Å²) in [6.07, 6.45) is -61.2. The fourth-order valence-electron chi connectivity index (χ4n) is 24.0. The molecule has 0 aromatic rings. The Labute approximate surface area is 815 Å². The topological polar surface area (TPSA) is 723 Å². The molecule has 0 radical (unpaired) electrons. The zero-order chi connectivity index (χ0) is 104. The maximum atomic E-state index is 16.8. The molecule has 8 heterocycles.